The summed E-state index contributed by atoms with van der Waals surface area (Å²) in [6, 6.07) is 0. The van der Waals surface area contributed by atoms with Crippen molar-refractivity contribution >= 4 is 8.32 Å². The molecule has 2 nitrogen and oxygen atoms in total. The van der Waals surface area contributed by atoms with Crippen molar-refractivity contribution in [2.75, 3.05) is 6.61 Å². The second kappa shape index (κ2) is 4.52. The third-order valence-electron chi connectivity index (χ3n) is 3.93. The van der Waals surface area contributed by atoms with Gasteiger partial charge in [0.15, 0.2) is 8.32 Å². The minimum absolute atomic E-state index is 0.133. The van der Waals surface area contributed by atoms with Crippen LogP contribution in [0.5, 0.6) is 0 Å². The van der Waals surface area contributed by atoms with Crippen molar-refractivity contribution in [3.63, 3.8) is 0 Å². The van der Waals surface area contributed by atoms with Gasteiger partial charge < -0.3 is 9.16 Å². The molecule has 1 aliphatic rings. The summed E-state index contributed by atoms with van der Waals surface area (Å²) in [6.45, 7) is 18.4. The van der Waals surface area contributed by atoms with E-state index in [4.69, 9.17) is 9.16 Å². The number of hydrogen-bond donors (Lipinski definition) is 0. The van der Waals surface area contributed by atoms with E-state index in [2.05, 4.69) is 60.7 Å². The molecule has 0 aromatic carbocycles. The Morgan fingerprint density at radius 1 is 1.35 bits per heavy atom. The summed E-state index contributed by atoms with van der Waals surface area (Å²) in [5.41, 5.74) is 1.17. The molecule has 0 aromatic heterocycles. The topological polar surface area (TPSA) is 18.5 Å². The highest BCUT2D eigenvalue weighted by Crippen LogP contribution is 2.37. The van der Waals surface area contributed by atoms with E-state index in [1.54, 1.807) is 0 Å². The third kappa shape index (κ3) is 3.67. The lowest BCUT2D eigenvalue weighted by Gasteiger charge is -2.37. The average molecular weight is 256 g/mol. The van der Waals surface area contributed by atoms with Gasteiger partial charge in [0, 0.05) is 0 Å². The van der Waals surface area contributed by atoms with E-state index < -0.39 is 8.32 Å². The van der Waals surface area contributed by atoms with Crippen molar-refractivity contribution in [1.29, 1.82) is 0 Å². The molecule has 1 atom stereocenters. The number of ether oxygens (including phenoxy) is 1. The molecule has 100 valence electrons. The van der Waals surface area contributed by atoms with Gasteiger partial charge in [-0.1, -0.05) is 26.8 Å². The first kappa shape index (κ1) is 14.9. The Labute approximate surface area is 108 Å². The first-order valence-corrected chi connectivity index (χ1v) is 9.37. The molecule has 0 amide bonds. The molecule has 0 unspecified atom stereocenters. The first-order chi connectivity index (χ1) is 7.45. The molecule has 1 rings (SSSR count). The Morgan fingerprint density at radius 3 is 2.24 bits per heavy atom. The molecule has 17 heavy (non-hydrogen) atoms. The Hall–Kier alpha value is -0.123. The van der Waals surface area contributed by atoms with Gasteiger partial charge in [-0.3, -0.25) is 0 Å². The third-order valence-corrected chi connectivity index (χ3v) is 8.43. The molecule has 0 aromatic rings. The van der Waals surface area contributed by atoms with Crippen LogP contribution < -0.4 is 0 Å². The molecule has 3 heteroatoms. The van der Waals surface area contributed by atoms with Gasteiger partial charge in [-0.05, 0) is 44.5 Å². The molecule has 0 aliphatic carbocycles. The standard InChI is InChI=1S/C14H28O2Si/c1-11-9-14(5,6)16-12(11)10-15-17(7,8)13(2,3)4/h9,12H,10H2,1-8H3/t12-/m0/s1. The Balaban J connectivity index is 2.57. The second-order valence-corrected chi connectivity index (χ2v) is 12.0. The highest BCUT2D eigenvalue weighted by atomic mass is 28.4. The van der Waals surface area contributed by atoms with E-state index >= 15 is 0 Å². The predicted octanol–water partition coefficient (Wildman–Crippen LogP) is 4.13. The van der Waals surface area contributed by atoms with Crippen molar-refractivity contribution in [1.82, 2.24) is 0 Å². The fourth-order valence-electron chi connectivity index (χ4n) is 1.80. The smallest absolute Gasteiger partial charge is 0.192 e. The lowest BCUT2D eigenvalue weighted by atomic mass is 10.1. The highest BCUT2D eigenvalue weighted by molar-refractivity contribution is 6.74. The van der Waals surface area contributed by atoms with Gasteiger partial charge in [0.25, 0.3) is 0 Å². The normalized spacial score (nSPS) is 24.9. The van der Waals surface area contributed by atoms with E-state index in [0.29, 0.717) is 6.61 Å². The van der Waals surface area contributed by atoms with Crippen LogP contribution in [-0.2, 0) is 9.16 Å². The summed E-state index contributed by atoms with van der Waals surface area (Å²) >= 11 is 0. The lowest BCUT2D eigenvalue weighted by molar-refractivity contribution is -0.0230. The summed E-state index contributed by atoms with van der Waals surface area (Å²) < 4.78 is 12.2. The Bertz CT molecular complexity index is 311. The molecular formula is C14H28O2Si. The van der Waals surface area contributed by atoms with Crippen LogP contribution in [0.2, 0.25) is 18.1 Å². The van der Waals surface area contributed by atoms with Crippen molar-refractivity contribution < 1.29 is 9.16 Å². The Morgan fingerprint density at radius 2 is 1.88 bits per heavy atom. The van der Waals surface area contributed by atoms with E-state index in [1.165, 1.54) is 5.57 Å². The largest absolute Gasteiger partial charge is 0.414 e. The van der Waals surface area contributed by atoms with Crippen LogP contribution in [0.15, 0.2) is 11.6 Å². The van der Waals surface area contributed by atoms with Gasteiger partial charge in [-0.25, -0.2) is 0 Å². The molecule has 0 saturated heterocycles. The van der Waals surface area contributed by atoms with Crippen LogP contribution in [0.3, 0.4) is 0 Å². The molecule has 0 radical (unpaired) electrons. The molecule has 0 N–H and O–H groups in total. The monoisotopic (exact) mass is 256 g/mol. The number of hydrogen-bond acceptors (Lipinski definition) is 2. The van der Waals surface area contributed by atoms with Crippen molar-refractivity contribution in [3.8, 4) is 0 Å². The van der Waals surface area contributed by atoms with Gasteiger partial charge in [0.2, 0.25) is 0 Å². The zero-order valence-electron chi connectivity index (χ0n) is 12.7. The molecule has 0 bridgehead atoms. The van der Waals surface area contributed by atoms with Gasteiger partial charge in [-0.2, -0.15) is 0 Å². The molecule has 1 aliphatic heterocycles. The Kier molecular flexibility index (Phi) is 3.97. The van der Waals surface area contributed by atoms with E-state index in [1.807, 2.05) is 0 Å². The zero-order chi connectivity index (χ0) is 13.5. The van der Waals surface area contributed by atoms with Crippen molar-refractivity contribution in [2.24, 2.45) is 0 Å². The van der Waals surface area contributed by atoms with Crippen LogP contribution in [0, 0.1) is 0 Å². The van der Waals surface area contributed by atoms with Crippen LogP contribution in [0.25, 0.3) is 0 Å². The van der Waals surface area contributed by atoms with Crippen LogP contribution in [-0.4, -0.2) is 26.6 Å². The average Bonchev–Trinajstić information content (AvgIpc) is 2.34. The summed E-state index contributed by atoms with van der Waals surface area (Å²) in [5, 5.41) is 0.263. The molecule has 1 heterocycles. The maximum Gasteiger partial charge on any atom is 0.192 e. The van der Waals surface area contributed by atoms with Crippen LogP contribution >= 0.6 is 0 Å². The van der Waals surface area contributed by atoms with Crippen LogP contribution in [0.1, 0.15) is 41.5 Å². The highest BCUT2D eigenvalue weighted by Gasteiger charge is 2.39. The van der Waals surface area contributed by atoms with Crippen molar-refractivity contribution in [3.05, 3.63) is 11.6 Å². The van der Waals surface area contributed by atoms with Crippen molar-refractivity contribution in [2.45, 2.75) is 71.4 Å². The zero-order valence-corrected chi connectivity index (χ0v) is 13.7. The van der Waals surface area contributed by atoms with Gasteiger partial charge >= 0.3 is 0 Å². The van der Waals surface area contributed by atoms with Crippen LogP contribution in [0.4, 0.5) is 0 Å². The molecule has 0 fully saturated rings. The van der Waals surface area contributed by atoms with E-state index in [-0.39, 0.29) is 16.7 Å². The quantitative estimate of drug-likeness (QED) is 0.558. The second-order valence-electron chi connectivity index (χ2n) is 7.17. The summed E-state index contributed by atoms with van der Waals surface area (Å²) in [5.74, 6) is 0. The minimum Gasteiger partial charge on any atom is -0.414 e. The first-order valence-electron chi connectivity index (χ1n) is 6.46. The van der Waals surface area contributed by atoms with Gasteiger partial charge in [0.1, 0.15) is 6.10 Å². The summed E-state index contributed by atoms with van der Waals surface area (Å²) in [7, 11) is -1.66. The summed E-state index contributed by atoms with van der Waals surface area (Å²) in [4.78, 5) is 0. The minimum atomic E-state index is -1.66. The van der Waals surface area contributed by atoms with Gasteiger partial charge in [0.05, 0.1) is 12.2 Å². The summed E-state index contributed by atoms with van der Waals surface area (Å²) in [6.07, 6.45) is 2.34. The predicted molar refractivity (Wildman–Crippen MR) is 75.9 cm³/mol. The molecule has 0 saturated carbocycles. The molecule has 0 spiro atoms. The maximum absolute atomic E-state index is 6.21. The maximum atomic E-state index is 6.21. The number of rotatable bonds is 3. The lowest BCUT2D eigenvalue weighted by Crippen LogP contribution is -2.43. The fourth-order valence-corrected chi connectivity index (χ4v) is 2.80. The SMILES string of the molecule is CC1=CC(C)(C)O[C@H]1CO[Si](C)(C)C(C)(C)C. The van der Waals surface area contributed by atoms with E-state index in [0.717, 1.165) is 0 Å². The molecular weight excluding hydrogens is 228 g/mol. The fraction of sp³-hybridized carbons (Fsp3) is 0.857. The van der Waals surface area contributed by atoms with Gasteiger partial charge in [-0.15, -0.1) is 0 Å². The van der Waals surface area contributed by atoms with E-state index in [9.17, 15) is 0 Å².